The van der Waals surface area contributed by atoms with Gasteiger partial charge in [-0.1, -0.05) is 0 Å². The van der Waals surface area contributed by atoms with Gasteiger partial charge in [0.25, 0.3) is 0 Å². The van der Waals surface area contributed by atoms with E-state index < -0.39 is 0 Å². The largest absolute Gasteiger partial charge is 0.246 e. The summed E-state index contributed by atoms with van der Waals surface area (Å²) in [6, 6.07) is 6.54. The van der Waals surface area contributed by atoms with E-state index in [0.717, 1.165) is 10.3 Å². The number of pyridine rings is 1. The minimum absolute atomic E-state index is 0.845. The van der Waals surface area contributed by atoms with Crippen LogP contribution in [-0.2, 0) is 0 Å². The molecule has 1 aromatic rings. The molecule has 0 aliphatic heterocycles. The van der Waals surface area contributed by atoms with Gasteiger partial charge >= 0.3 is 0 Å². The lowest BCUT2D eigenvalue weighted by Gasteiger charge is -1.87. The highest BCUT2D eigenvalue weighted by molar-refractivity contribution is 9.10. The summed E-state index contributed by atoms with van der Waals surface area (Å²) in [6.07, 6.45) is 0. The van der Waals surface area contributed by atoms with E-state index in [1.54, 1.807) is 6.07 Å². The molecule has 41 valence electrons. The van der Waals surface area contributed by atoms with Gasteiger partial charge in [0.2, 0.25) is 0 Å². The molecule has 0 saturated heterocycles. The fraction of sp³-hybridized carbons (Fsp3) is 0.167. The maximum absolute atomic E-state index is 4.06. The van der Waals surface area contributed by atoms with E-state index in [0.29, 0.717) is 0 Å². The second kappa shape index (κ2) is 2.27. The minimum atomic E-state index is 0.845. The predicted molar refractivity (Wildman–Crippen MR) is 35.5 cm³/mol. The Hall–Kier alpha value is -0.370. The van der Waals surface area contributed by atoms with Crippen molar-refractivity contribution in [3.63, 3.8) is 0 Å². The molecule has 0 unspecified atom stereocenters. The topological polar surface area (TPSA) is 12.9 Å². The van der Waals surface area contributed by atoms with Crippen molar-refractivity contribution >= 4 is 15.9 Å². The molecule has 0 aromatic carbocycles. The van der Waals surface area contributed by atoms with Gasteiger partial charge < -0.3 is 0 Å². The second-order valence-corrected chi connectivity index (χ2v) is 2.34. The SMILES string of the molecule is Cc1c[c]cc(Br)n1. The van der Waals surface area contributed by atoms with Gasteiger partial charge in [0, 0.05) is 5.69 Å². The van der Waals surface area contributed by atoms with Gasteiger partial charge in [-0.2, -0.15) is 0 Å². The zero-order chi connectivity index (χ0) is 5.98. The molecular formula is C6H5BrN. The molecule has 0 bridgehead atoms. The molecule has 0 atom stereocenters. The van der Waals surface area contributed by atoms with Gasteiger partial charge in [0.15, 0.2) is 0 Å². The Morgan fingerprint density at radius 3 is 2.75 bits per heavy atom. The molecule has 0 fully saturated rings. The molecule has 2 heteroatoms. The molecule has 1 nitrogen and oxygen atoms in total. The number of aromatic nitrogens is 1. The van der Waals surface area contributed by atoms with Gasteiger partial charge in [0.1, 0.15) is 4.60 Å². The number of aryl methyl sites for hydroxylation is 1. The van der Waals surface area contributed by atoms with Crippen LogP contribution in [0, 0.1) is 13.0 Å². The smallest absolute Gasteiger partial charge is 0.106 e. The number of rotatable bonds is 0. The van der Waals surface area contributed by atoms with E-state index in [1.165, 1.54) is 0 Å². The fourth-order valence-electron chi connectivity index (χ4n) is 0.464. The summed E-state index contributed by atoms with van der Waals surface area (Å²) >= 11 is 3.22. The van der Waals surface area contributed by atoms with Crippen LogP contribution in [0.15, 0.2) is 16.7 Å². The third kappa shape index (κ3) is 1.30. The highest BCUT2D eigenvalue weighted by Gasteiger charge is 1.84. The van der Waals surface area contributed by atoms with Crippen molar-refractivity contribution in [3.05, 3.63) is 28.5 Å². The predicted octanol–water partition coefficient (Wildman–Crippen LogP) is 1.95. The van der Waals surface area contributed by atoms with Crippen LogP contribution in [0.2, 0.25) is 0 Å². The van der Waals surface area contributed by atoms with Crippen LogP contribution in [0.25, 0.3) is 0 Å². The standard InChI is InChI=1S/C6H5BrN/c1-5-3-2-4-6(7)8-5/h3-4H,1H3. The third-order valence-electron chi connectivity index (χ3n) is 0.778. The van der Waals surface area contributed by atoms with Crippen molar-refractivity contribution in [2.45, 2.75) is 6.92 Å². The molecule has 0 aliphatic carbocycles. The molecule has 0 saturated carbocycles. The maximum atomic E-state index is 4.06. The summed E-state index contributed by atoms with van der Waals surface area (Å²) < 4.78 is 0.845. The number of hydrogen-bond donors (Lipinski definition) is 0. The lowest BCUT2D eigenvalue weighted by molar-refractivity contribution is 1.16. The van der Waals surface area contributed by atoms with Crippen LogP contribution in [-0.4, -0.2) is 4.98 Å². The van der Waals surface area contributed by atoms with E-state index in [4.69, 9.17) is 0 Å². The minimum Gasteiger partial charge on any atom is -0.246 e. The lowest BCUT2D eigenvalue weighted by atomic mass is 10.4. The first-order valence-corrected chi connectivity index (χ1v) is 3.08. The quantitative estimate of drug-likeness (QED) is 0.543. The summed E-state index contributed by atoms with van der Waals surface area (Å²) in [4.78, 5) is 4.06. The first-order valence-electron chi connectivity index (χ1n) is 2.29. The first-order chi connectivity index (χ1) is 3.79. The Kier molecular flexibility index (Phi) is 1.63. The van der Waals surface area contributed by atoms with Crippen LogP contribution >= 0.6 is 15.9 Å². The Balaban J connectivity index is 3.08. The summed E-state index contributed by atoms with van der Waals surface area (Å²) in [6.45, 7) is 1.93. The fourth-order valence-corrected chi connectivity index (χ4v) is 0.876. The molecule has 0 aliphatic rings. The summed E-state index contributed by atoms with van der Waals surface area (Å²) in [5, 5.41) is 0. The van der Waals surface area contributed by atoms with Gasteiger partial charge in [-0.3, -0.25) is 0 Å². The Labute approximate surface area is 56.9 Å². The van der Waals surface area contributed by atoms with Crippen molar-refractivity contribution < 1.29 is 0 Å². The highest BCUT2D eigenvalue weighted by atomic mass is 79.9. The van der Waals surface area contributed by atoms with Crippen molar-refractivity contribution in [3.8, 4) is 0 Å². The highest BCUT2D eigenvalue weighted by Crippen LogP contribution is 2.03. The van der Waals surface area contributed by atoms with E-state index in [2.05, 4.69) is 27.0 Å². The van der Waals surface area contributed by atoms with Gasteiger partial charge in [-0.15, -0.1) is 0 Å². The summed E-state index contributed by atoms with van der Waals surface area (Å²) in [7, 11) is 0. The molecule has 1 rings (SSSR count). The van der Waals surface area contributed by atoms with E-state index in [1.807, 2.05) is 13.0 Å². The van der Waals surface area contributed by atoms with Crippen LogP contribution in [0.1, 0.15) is 5.69 Å². The Morgan fingerprint density at radius 1 is 1.62 bits per heavy atom. The average Bonchev–Trinajstić information content (AvgIpc) is 1.64. The van der Waals surface area contributed by atoms with Crippen molar-refractivity contribution in [1.29, 1.82) is 0 Å². The second-order valence-electron chi connectivity index (χ2n) is 1.53. The van der Waals surface area contributed by atoms with Crippen LogP contribution < -0.4 is 0 Å². The molecule has 1 heterocycles. The lowest BCUT2D eigenvalue weighted by Crippen LogP contribution is -1.77. The van der Waals surface area contributed by atoms with E-state index >= 15 is 0 Å². The maximum Gasteiger partial charge on any atom is 0.106 e. The summed E-state index contributed by atoms with van der Waals surface area (Å²) in [5.74, 6) is 0. The van der Waals surface area contributed by atoms with E-state index in [9.17, 15) is 0 Å². The molecule has 0 N–H and O–H groups in total. The molecular weight excluding hydrogens is 166 g/mol. The van der Waals surface area contributed by atoms with Crippen LogP contribution in [0.4, 0.5) is 0 Å². The van der Waals surface area contributed by atoms with Crippen molar-refractivity contribution in [1.82, 2.24) is 4.98 Å². The average molecular weight is 171 g/mol. The molecule has 8 heavy (non-hydrogen) atoms. The van der Waals surface area contributed by atoms with Gasteiger partial charge in [0.05, 0.1) is 0 Å². The number of halogens is 1. The number of hydrogen-bond acceptors (Lipinski definition) is 1. The van der Waals surface area contributed by atoms with Crippen LogP contribution in [0.5, 0.6) is 0 Å². The normalized spacial score (nSPS) is 9.25. The first kappa shape index (κ1) is 5.76. The summed E-state index contributed by atoms with van der Waals surface area (Å²) in [5.41, 5.74) is 0.986. The zero-order valence-corrected chi connectivity index (χ0v) is 6.07. The monoisotopic (exact) mass is 170 g/mol. The number of nitrogens with zero attached hydrogens (tertiary/aromatic N) is 1. The van der Waals surface area contributed by atoms with Crippen molar-refractivity contribution in [2.24, 2.45) is 0 Å². The van der Waals surface area contributed by atoms with Crippen LogP contribution in [0.3, 0.4) is 0 Å². The van der Waals surface area contributed by atoms with E-state index in [-0.39, 0.29) is 0 Å². The Morgan fingerprint density at radius 2 is 2.38 bits per heavy atom. The molecule has 1 aromatic heterocycles. The Bertz CT molecular complexity index is 168. The molecule has 1 radical (unpaired) electrons. The third-order valence-corrected chi connectivity index (χ3v) is 1.18. The molecule has 0 amide bonds. The molecule has 0 spiro atoms. The van der Waals surface area contributed by atoms with Crippen molar-refractivity contribution in [2.75, 3.05) is 0 Å². The van der Waals surface area contributed by atoms with Gasteiger partial charge in [-0.05, 0) is 41.1 Å². The van der Waals surface area contributed by atoms with Gasteiger partial charge in [-0.25, -0.2) is 4.98 Å². The zero-order valence-electron chi connectivity index (χ0n) is 4.48.